The number of amides is 1. The number of nitrogens with zero attached hydrogens (tertiary/aromatic N) is 4. The van der Waals surface area contributed by atoms with Crippen LogP contribution in [0.15, 0.2) is 11.3 Å². The van der Waals surface area contributed by atoms with E-state index in [0.717, 1.165) is 18.5 Å². The van der Waals surface area contributed by atoms with Crippen LogP contribution in [0.4, 0.5) is 0 Å². The predicted octanol–water partition coefficient (Wildman–Crippen LogP) is 1.54. The van der Waals surface area contributed by atoms with Crippen molar-refractivity contribution in [2.45, 2.75) is 19.8 Å². The van der Waals surface area contributed by atoms with E-state index in [1.807, 2.05) is 0 Å². The molecule has 0 aromatic carbocycles. The minimum absolute atomic E-state index is 0.130. The summed E-state index contributed by atoms with van der Waals surface area (Å²) in [5.74, 6) is -0.130. The van der Waals surface area contributed by atoms with Gasteiger partial charge in [0.05, 0.1) is 11.8 Å². The maximum absolute atomic E-state index is 11.6. The summed E-state index contributed by atoms with van der Waals surface area (Å²) in [5.41, 5.74) is 9.37. The minimum atomic E-state index is -0.130. The Kier molecular flexibility index (Phi) is 4.88. The van der Waals surface area contributed by atoms with Crippen LogP contribution in [-0.4, -0.2) is 29.2 Å². The molecule has 2 N–H and O–H groups in total. The van der Waals surface area contributed by atoms with Gasteiger partial charge in [0.1, 0.15) is 0 Å². The number of hydrogen-bond donors (Lipinski definition) is 2. The van der Waals surface area contributed by atoms with Gasteiger partial charge in [-0.1, -0.05) is 5.11 Å². The van der Waals surface area contributed by atoms with Crippen molar-refractivity contribution in [3.8, 4) is 0 Å². The number of carbonyl (C=O) groups is 1. The van der Waals surface area contributed by atoms with Crippen LogP contribution in [0, 0.1) is 6.92 Å². The molecule has 0 aliphatic carbocycles. The first-order chi connectivity index (χ1) is 7.75. The molecule has 1 aromatic heterocycles. The lowest BCUT2D eigenvalue weighted by molar-refractivity contribution is 0.0952. The first kappa shape index (κ1) is 12.1. The van der Waals surface area contributed by atoms with Crippen molar-refractivity contribution in [3.63, 3.8) is 0 Å². The molecule has 0 unspecified atom stereocenters. The number of aryl methyl sites for hydroxylation is 1. The van der Waals surface area contributed by atoms with Crippen molar-refractivity contribution in [1.29, 1.82) is 0 Å². The zero-order chi connectivity index (χ0) is 11.8. The van der Waals surface area contributed by atoms with Crippen LogP contribution in [-0.2, 0) is 0 Å². The molecule has 1 rings (SSSR count). The molecular formula is C9H14N6O. The summed E-state index contributed by atoms with van der Waals surface area (Å²) < 4.78 is 0. The van der Waals surface area contributed by atoms with E-state index in [4.69, 9.17) is 5.53 Å². The van der Waals surface area contributed by atoms with Crippen molar-refractivity contribution in [2.75, 3.05) is 13.1 Å². The standard InChI is InChI=1S/C9H14N6O/c1-7-8(6-13-14-7)9(16)11-4-2-3-5-12-15-10/h6H,2-5H2,1H3,(H,11,16)(H,13,14). The fourth-order valence-corrected chi connectivity index (χ4v) is 1.23. The van der Waals surface area contributed by atoms with Gasteiger partial charge in [-0.25, -0.2) is 0 Å². The first-order valence-electron chi connectivity index (χ1n) is 5.04. The number of carbonyl (C=O) groups excluding carboxylic acids is 1. The number of hydrogen-bond acceptors (Lipinski definition) is 3. The normalized spacial score (nSPS) is 9.56. The number of H-pyrrole nitrogens is 1. The molecule has 1 amide bonds. The monoisotopic (exact) mass is 222 g/mol. The van der Waals surface area contributed by atoms with E-state index in [9.17, 15) is 4.79 Å². The lowest BCUT2D eigenvalue weighted by Crippen LogP contribution is -2.24. The number of aromatic nitrogens is 2. The quantitative estimate of drug-likeness (QED) is 0.329. The molecule has 0 fully saturated rings. The second-order valence-corrected chi connectivity index (χ2v) is 3.33. The van der Waals surface area contributed by atoms with Crippen LogP contribution >= 0.6 is 0 Å². The third-order valence-corrected chi connectivity index (χ3v) is 2.11. The Morgan fingerprint density at radius 1 is 1.69 bits per heavy atom. The summed E-state index contributed by atoms with van der Waals surface area (Å²) in [6.45, 7) is 2.84. The molecule has 0 spiro atoms. The van der Waals surface area contributed by atoms with E-state index in [2.05, 4.69) is 25.5 Å². The lowest BCUT2D eigenvalue weighted by atomic mass is 10.2. The topological polar surface area (TPSA) is 107 Å². The number of rotatable bonds is 6. The highest BCUT2D eigenvalue weighted by molar-refractivity contribution is 5.94. The summed E-state index contributed by atoms with van der Waals surface area (Å²) in [6.07, 6.45) is 3.07. The van der Waals surface area contributed by atoms with E-state index < -0.39 is 0 Å². The zero-order valence-electron chi connectivity index (χ0n) is 9.10. The molecular weight excluding hydrogens is 208 g/mol. The molecule has 0 saturated heterocycles. The smallest absolute Gasteiger partial charge is 0.254 e. The van der Waals surface area contributed by atoms with E-state index in [1.165, 1.54) is 6.20 Å². The van der Waals surface area contributed by atoms with E-state index >= 15 is 0 Å². The van der Waals surface area contributed by atoms with Gasteiger partial charge in [-0.3, -0.25) is 9.89 Å². The van der Waals surface area contributed by atoms with E-state index in [1.54, 1.807) is 6.92 Å². The number of unbranched alkanes of at least 4 members (excludes halogenated alkanes) is 1. The SMILES string of the molecule is Cc1[nH]ncc1C(=O)NCCCCN=[N+]=[N-]. The molecule has 0 atom stereocenters. The highest BCUT2D eigenvalue weighted by Gasteiger charge is 2.09. The van der Waals surface area contributed by atoms with E-state index in [-0.39, 0.29) is 5.91 Å². The second-order valence-electron chi connectivity index (χ2n) is 3.33. The molecule has 7 nitrogen and oxygen atoms in total. The fraction of sp³-hybridized carbons (Fsp3) is 0.556. The van der Waals surface area contributed by atoms with Gasteiger partial charge in [0.15, 0.2) is 0 Å². The van der Waals surface area contributed by atoms with Gasteiger partial charge in [-0.2, -0.15) is 5.10 Å². The van der Waals surface area contributed by atoms with Crippen LogP contribution < -0.4 is 5.32 Å². The van der Waals surface area contributed by atoms with Crippen LogP contribution in [0.25, 0.3) is 10.4 Å². The maximum atomic E-state index is 11.6. The predicted molar refractivity (Wildman–Crippen MR) is 58.9 cm³/mol. The third kappa shape index (κ3) is 3.62. The molecule has 1 heterocycles. The van der Waals surface area contributed by atoms with Gasteiger partial charge in [0.25, 0.3) is 5.91 Å². The molecule has 7 heteroatoms. The average molecular weight is 222 g/mol. The van der Waals surface area contributed by atoms with Crippen molar-refractivity contribution >= 4 is 5.91 Å². The van der Waals surface area contributed by atoms with E-state index in [0.29, 0.717) is 18.7 Å². The Morgan fingerprint density at radius 3 is 3.12 bits per heavy atom. The average Bonchev–Trinajstić information content (AvgIpc) is 2.69. The van der Waals surface area contributed by atoms with Gasteiger partial charge in [-0.05, 0) is 25.3 Å². The van der Waals surface area contributed by atoms with Gasteiger partial charge in [0, 0.05) is 23.7 Å². The summed E-state index contributed by atoms with van der Waals surface area (Å²) >= 11 is 0. The van der Waals surface area contributed by atoms with Crippen LogP contribution in [0.1, 0.15) is 28.9 Å². The minimum Gasteiger partial charge on any atom is -0.352 e. The molecule has 0 saturated carbocycles. The molecule has 0 radical (unpaired) electrons. The van der Waals surface area contributed by atoms with Crippen molar-refractivity contribution in [2.24, 2.45) is 5.11 Å². The Bertz CT molecular complexity index is 392. The van der Waals surface area contributed by atoms with Crippen LogP contribution in [0.3, 0.4) is 0 Å². The number of nitrogens with one attached hydrogen (secondary N) is 2. The van der Waals surface area contributed by atoms with Gasteiger partial charge < -0.3 is 5.32 Å². The Morgan fingerprint density at radius 2 is 2.50 bits per heavy atom. The molecule has 0 aliphatic rings. The molecule has 1 aromatic rings. The van der Waals surface area contributed by atoms with Crippen molar-refractivity contribution in [3.05, 3.63) is 27.9 Å². The van der Waals surface area contributed by atoms with Crippen LogP contribution in [0.2, 0.25) is 0 Å². The summed E-state index contributed by atoms with van der Waals surface area (Å²) in [4.78, 5) is 14.2. The molecule has 16 heavy (non-hydrogen) atoms. The van der Waals surface area contributed by atoms with Gasteiger partial charge in [-0.15, -0.1) is 0 Å². The first-order valence-corrected chi connectivity index (χ1v) is 5.04. The fourth-order valence-electron chi connectivity index (χ4n) is 1.23. The zero-order valence-corrected chi connectivity index (χ0v) is 9.10. The van der Waals surface area contributed by atoms with Crippen molar-refractivity contribution < 1.29 is 4.79 Å². The Balaban J connectivity index is 2.21. The molecule has 86 valence electrons. The van der Waals surface area contributed by atoms with Crippen LogP contribution in [0.5, 0.6) is 0 Å². The molecule has 0 bridgehead atoms. The Hall–Kier alpha value is -2.01. The second kappa shape index (κ2) is 6.47. The highest BCUT2D eigenvalue weighted by atomic mass is 16.1. The summed E-state index contributed by atoms with van der Waals surface area (Å²) in [7, 11) is 0. The Labute approximate surface area is 92.9 Å². The summed E-state index contributed by atoms with van der Waals surface area (Å²) in [5, 5.41) is 12.6. The van der Waals surface area contributed by atoms with Crippen molar-refractivity contribution in [1.82, 2.24) is 15.5 Å². The number of aromatic amines is 1. The lowest BCUT2D eigenvalue weighted by Gasteiger charge is -2.02. The maximum Gasteiger partial charge on any atom is 0.254 e. The number of azide groups is 1. The summed E-state index contributed by atoms with van der Waals surface area (Å²) in [6, 6.07) is 0. The van der Waals surface area contributed by atoms with Gasteiger partial charge in [0.2, 0.25) is 0 Å². The van der Waals surface area contributed by atoms with Gasteiger partial charge >= 0.3 is 0 Å². The highest BCUT2D eigenvalue weighted by Crippen LogP contribution is 2.01. The largest absolute Gasteiger partial charge is 0.352 e. The third-order valence-electron chi connectivity index (χ3n) is 2.11. The molecule has 0 aliphatic heterocycles.